The van der Waals surface area contributed by atoms with Gasteiger partial charge >= 0.3 is 0 Å². The van der Waals surface area contributed by atoms with Crippen molar-refractivity contribution in [3.63, 3.8) is 0 Å². The number of methoxy groups -OCH3 is 1. The molecule has 0 spiro atoms. The molecule has 0 aromatic heterocycles. The predicted molar refractivity (Wildman–Crippen MR) is 132 cm³/mol. The van der Waals surface area contributed by atoms with Gasteiger partial charge < -0.3 is 23.3 Å². The van der Waals surface area contributed by atoms with E-state index in [0.29, 0.717) is 12.8 Å². The first-order valence-electron chi connectivity index (χ1n) is 11.7. The van der Waals surface area contributed by atoms with E-state index in [9.17, 15) is 0 Å². The molecule has 3 aliphatic rings. The van der Waals surface area contributed by atoms with Gasteiger partial charge in [-0.05, 0) is 70.8 Å². The Morgan fingerprint density at radius 3 is 2.51 bits per heavy atom. The molecule has 8 heteroatoms. The second kappa shape index (κ2) is 9.99. The first-order chi connectivity index (χ1) is 17.0. The maximum absolute atomic E-state index is 8.56. The van der Waals surface area contributed by atoms with E-state index in [2.05, 4.69) is 60.4 Å². The summed E-state index contributed by atoms with van der Waals surface area (Å²) >= 11 is -2.86. The van der Waals surface area contributed by atoms with Gasteiger partial charge in [0, 0.05) is 24.7 Å². The van der Waals surface area contributed by atoms with Crippen molar-refractivity contribution in [2.75, 3.05) is 20.4 Å². The van der Waals surface area contributed by atoms with Gasteiger partial charge in [0.05, 0.1) is 18.5 Å². The van der Waals surface area contributed by atoms with E-state index in [1.165, 1.54) is 38.9 Å². The van der Waals surface area contributed by atoms with Gasteiger partial charge in [-0.3, -0.25) is 4.90 Å². The summed E-state index contributed by atoms with van der Waals surface area (Å²) < 4.78 is 41.2. The number of nitrogens with zero attached hydrogens (tertiary/aromatic N) is 1. The van der Waals surface area contributed by atoms with E-state index in [1.54, 1.807) is 7.11 Å². The Labute approximate surface area is 207 Å². The Kier molecular flexibility index (Phi) is 6.80. The molecule has 0 aliphatic carbocycles. The average molecular weight is 495 g/mol. The quantitative estimate of drug-likeness (QED) is 0.530. The lowest BCUT2D eigenvalue weighted by Crippen LogP contribution is -2.39. The van der Waals surface area contributed by atoms with Crippen LogP contribution < -0.4 is 14.2 Å². The molecule has 2 atom stereocenters. The molecule has 3 aromatic rings. The summed E-state index contributed by atoms with van der Waals surface area (Å²) in [7, 11) is 1.77. The SMILES string of the molecule is CCc1ccc(-c2c(OC)ccc3c2CN2CCc4cc5c(cc4C2C3)OCO5)cc1.O=S([O-])O. The van der Waals surface area contributed by atoms with Gasteiger partial charge in [-0.25, -0.2) is 4.21 Å². The van der Waals surface area contributed by atoms with Gasteiger partial charge in [0.15, 0.2) is 11.5 Å². The number of hydrogen-bond donors (Lipinski definition) is 1. The summed E-state index contributed by atoms with van der Waals surface area (Å²) in [6.45, 7) is 4.52. The number of ether oxygens (including phenoxy) is 3. The fourth-order valence-electron chi connectivity index (χ4n) is 5.42. The van der Waals surface area contributed by atoms with E-state index in [-0.39, 0.29) is 0 Å². The molecule has 0 fully saturated rings. The minimum atomic E-state index is -2.86. The first-order valence-corrected chi connectivity index (χ1v) is 12.7. The molecule has 0 radical (unpaired) electrons. The second-order valence-electron chi connectivity index (χ2n) is 8.89. The molecule has 3 heterocycles. The van der Waals surface area contributed by atoms with E-state index in [0.717, 1.165) is 49.6 Å². The number of aryl methyl sites for hydroxylation is 1. The van der Waals surface area contributed by atoms with Crippen LogP contribution in [0.1, 0.15) is 40.8 Å². The number of hydrogen-bond acceptors (Lipinski definition) is 6. The van der Waals surface area contributed by atoms with E-state index in [1.807, 2.05) is 0 Å². The van der Waals surface area contributed by atoms with Crippen LogP contribution in [0.5, 0.6) is 17.2 Å². The van der Waals surface area contributed by atoms with Crippen molar-refractivity contribution in [1.82, 2.24) is 4.90 Å². The summed E-state index contributed by atoms with van der Waals surface area (Å²) in [5, 5.41) is 0. The molecule has 7 nitrogen and oxygen atoms in total. The van der Waals surface area contributed by atoms with Crippen LogP contribution in [0.2, 0.25) is 0 Å². The van der Waals surface area contributed by atoms with E-state index < -0.39 is 11.4 Å². The molecule has 0 saturated carbocycles. The van der Waals surface area contributed by atoms with Crippen molar-refractivity contribution >= 4 is 11.4 Å². The topological polar surface area (TPSA) is 91.3 Å². The third-order valence-electron chi connectivity index (χ3n) is 7.12. The number of fused-ring (bicyclic) bond motifs is 5. The monoisotopic (exact) mass is 494 g/mol. The molecule has 0 saturated heterocycles. The average Bonchev–Trinajstić information content (AvgIpc) is 3.33. The van der Waals surface area contributed by atoms with E-state index in [4.69, 9.17) is 27.5 Å². The van der Waals surface area contributed by atoms with Gasteiger partial charge in [-0.15, -0.1) is 0 Å². The van der Waals surface area contributed by atoms with Crippen LogP contribution in [-0.2, 0) is 37.2 Å². The third kappa shape index (κ3) is 4.67. The predicted octanol–water partition coefficient (Wildman–Crippen LogP) is 4.65. The molecule has 1 N–H and O–H groups in total. The van der Waals surface area contributed by atoms with Crippen molar-refractivity contribution in [2.45, 2.75) is 38.8 Å². The van der Waals surface area contributed by atoms with Crippen LogP contribution in [0.25, 0.3) is 11.1 Å². The molecule has 0 bridgehead atoms. The standard InChI is InChI=1S/C27H27NO3.H2O3S/c1-3-17-4-6-18(7-5-17)27-22-15-28-11-10-20-13-25-26(31-16-30-25)14-21(20)23(28)12-19(22)8-9-24(27)29-2;1-4(2)3/h4-9,13-14,23H,3,10-12,15-16H2,1-2H3;(H2,1,2,3)/p-1. The molecular weight excluding hydrogens is 466 g/mol. The van der Waals surface area contributed by atoms with Crippen molar-refractivity contribution in [3.05, 3.63) is 76.3 Å². The molecule has 3 aromatic carbocycles. The molecular formula is C27H28NO6S-. The van der Waals surface area contributed by atoms with Gasteiger partial charge in [0.1, 0.15) is 5.75 Å². The molecule has 35 heavy (non-hydrogen) atoms. The maximum atomic E-state index is 8.56. The molecule has 2 unspecified atom stereocenters. The minimum Gasteiger partial charge on any atom is -0.750 e. The minimum absolute atomic E-state index is 0.329. The maximum Gasteiger partial charge on any atom is 0.231 e. The molecule has 184 valence electrons. The zero-order chi connectivity index (χ0) is 24.5. The van der Waals surface area contributed by atoms with Crippen molar-refractivity contribution < 1.29 is 27.5 Å². The molecule has 3 aliphatic heterocycles. The Bertz CT molecular complexity index is 1260. The lowest BCUT2D eigenvalue weighted by Gasteiger charge is -2.42. The van der Waals surface area contributed by atoms with Crippen LogP contribution in [0.4, 0.5) is 0 Å². The summed E-state index contributed by atoms with van der Waals surface area (Å²) in [5.41, 5.74) is 9.47. The number of rotatable bonds is 3. The fourth-order valence-corrected chi connectivity index (χ4v) is 5.42. The van der Waals surface area contributed by atoms with Crippen LogP contribution >= 0.6 is 0 Å². The van der Waals surface area contributed by atoms with Crippen molar-refractivity contribution in [2.24, 2.45) is 0 Å². The van der Waals surface area contributed by atoms with E-state index >= 15 is 0 Å². The summed E-state index contributed by atoms with van der Waals surface area (Å²) in [5.74, 6) is 2.74. The van der Waals surface area contributed by atoms with Crippen molar-refractivity contribution in [1.29, 1.82) is 0 Å². The highest BCUT2D eigenvalue weighted by Gasteiger charge is 2.35. The normalized spacial score (nSPS) is 18.5. The Morgan fingerprint density at radius 1 is 1.11 bits per heavy atom. The number of benzene rings is 3. The molecule has 0 amide bonds. The van der Waals surface area contributed by atoms with Gasteiger partial charge in [0.25, 0.3) is 0 Å². The van der Waals surface area contributed by atoms with Crippen molar-refractivity contribution in [3.8, 4) is 28.4 Å². The van der Waals surface area contributed by atoms with Crippen LogP contribution in [0.15, 0.2) is 48.5 Å². The first kappa shape index (κ1) is 23.8. The van der Waals surface area contributed by atoms with Gasteiger partial charge in [-0.1, -0.05) is 37.3 Å². The zero-order valence-electron chi connectivity index (χ0n) is 19.8. The Hall–Kier alpha value is -2.91. The van der Waals surface area contributed by atoms with Crippen LogP contribution in [-0.4, -0.2) is 38.7 Å². The largest absolute Gasteiger partial charge is 0.750 e. The fraction of sp³-hybridized carbons (Fsp3) is 0.333. The highest BCUT2D eigenvalue weighted by Crippen LogP contribution is 2.46. The zero-order valence-corrected chi connectivity index (χ0v) is 20.6. The molecule has 6 rings (SSSR count). The second-order valence-corrected chi connectivity index (χ2v) is 9.33. The summed E-state index contributed by atoms with van der Waals surface area (Å²) in [6.07, 6.45) is 3.10. The lowest BCUT2D eigenvalue weighted by molar-refractivity contribution is 0.160. The van der Waals surface area contributed by atoms with Gasteiger partial charge in [0.2, 0.25) is 6.79 Å². The summed E-state index contributed by atoms with van der Waals surface area (Å²) in [4.78, 5) is 2.62. The van der Waals surface area contributed by atoms with Gasteiger partial charge in [-0.2, -0.15) is 0 Å². The highest BCUT2D eigenvalue weighted by atomic mass is 32.2. The third-order valence-corrected chi connectivity index (χ3v) is 7.12. The smallest absolute Gasteiger partial charge is 0.231 e. The van der Waals surface area contributed by atoms with Crippen LogP contribution in [0.3, 0.4) is 0 Å². The Morgan fingerprint density at radius 2 is 1.83 bits per heavy atom. The lowest BCUT2D eigenvalue weighted by atomic mass is 9.81. The Balaban J connectivity index is 0.000000591. The highest BCUT2D eigenvalue weighted by molar-refractivity contribution is 7.73. The summed E-state index contributed by atoms with van der Waals surface area (Å²) in [6, 6.07) is 18.2. The van der Waals surface area contributed by atoms with Crippen LogP contribution in [0, 0.1) is 0 Å².